The van der Waals surface area contributed by atoms with Crippen molar-refractivity contribution >= 4 is 39.2 Å². The summed E-state index contributed by atoms with van der Waals surface area (Å²) in [5, 5.41) is 21.9. The highest BCUT2D eigenvalue weighted by Crippen LogP contribution is 2.45. The first kappa shape index (κ1) is 22.5. The van der Waals surface area contributed by atoms with Crippen LogP contribution in [-0.2, 0) is 11.2 Å². The number of amides is 1. The Balaban J connectivity index is 1.51. The van der Waals surface area contributed by atoms with Crippen LogP contribution in [0.4, 0.5) is 0 Å². The molecule has 0 saturated carbocycles. The zero-order chi connectivity index (χ0) is 26.7. The fourth-order valence-electron chi connectivity index (χ4n) is 5.94. The van der Waals surface area contributed by atoms with Crippen LogP contribution in [0, 0.1) is 0 Å². The predicted molar refractivity (Wildman–Crippen MR) is 132 cm³/mol. The maximum Gasteiger partial charge on any atom is 0.260 e. The number of hydrogen-bond acceptors (Lipinski definition) is 9. The summed E-state index contributed by atoms with van der Waals surface area (Å²) in [6.45, 7) is 2.53. The molecule has 1 amide bonds. The summed E-state index contributed by atoms with van der Waals surface area (Å²) in [5.41, 5.74) is -1.81. The molecule has 2 aliphatic heterocycles. The Bertz CT molecular complexity index is 1890. The van der Waals surface area contributed by atoms with Crippen molar-refractivity contribution in [2.24, 2.45) is 0 Å². The zero-order valence-corrected chi connectivity index (χ0v) is 20.2. The minimum atomic E-state index is -0.836. The van der Waals surface area contributed by atoms with Crippen LogP contribution in [0.1, 0.15) is 54.9 Å². The average Bonchev–Trinajstić information content (AvgIpc) is 3.28. The van der Waals surface area contributed by atoms with Crippen molar-refractivity contribution in [2.45, 2.75) is 19.1 Å². The van der Waals surface area contributed by atoms with Gasteiger partial charge in [0.05, 0.1) is 24.7 Å². The van der Waals surface area contributed by atoms with Gasteiger partial charge in [0.2, 0.25) is 17.0 Å². The van der Waals surface area contributed by atoms with Gasteiger partial charge in [-0.05, 0) is 36.1 Å². The van der Waals surface area contributed by atoms with E-state index >= 15 is 0 Å². The molecule has 1 atom stereocenters. The highest BCUT2D eigenvalue weighted by molar-refractivity contribution is 6.32. The summed E-state index contributed by atoms with van der Waals surface area (Å²) in [4.78, 5) is 55.8. The molecule has 1 aliphatic carbocycles. The molecule has 3 aromatic carbocycles. The topological polar surface area (TPSA) is 144 Å². The Labute approximate surface area is 213 Å². The van der Waals surface area contributed by atoms with E-state index in [1.54, 1.807) is 17.0 Å². The molecule has 0 spiro atoms. The van der Waals surface area contributed by atoms with Crippen molar-refractivity contribution in [2.75, 3.05) is 20.3 Å². The molecule has 7 rings (SSSR count). The van der Waals surface area contributed by atoms with Crippen molar-refractivity contribution < 1.29 is 38.5 Å². The van der Waals surface area contributed by atoms with E-state index in [1.165, 1.54) is 19.2 Å². The lowest BCUT2D eigenvalue weighted by atomic mass is 9.81. The van der Waals surface area contributed by atoms with E-state index in [1.807, 2.05) is 6.92 Å². The molecule has 2 N–H and O–H groups in total. The highest BCUT2D eigenvalue weighted by atomic mass is 16.5. The number of hydrogen-bond donors (Lipinski definition) is 2. The largest absolute Gasteiger partial charge is 0.506 e. The fraction of sp³-hybridized carbons (Fsp3) is 0.214. The van der Waals surface area contributed by atoms with Gasteiger partial charge in [0.1, 0.15) is 22.6 Å². The van der Waals surface area contributed by atoms with E-state index in [4.69, 9.17) is 13.9 Å². The number of benzene rings is 3. The third-order valence-electron chi connectivity index (χ3n) is 7.74. The minimum absolute atomic E-state index is 0.0133. The molecule has 4 aromatic rings. The van der Waals surface area contributed by atoms with Gasteiger partial charge in [0.15, 0.2) is 17.3 Å². The van der Waals surface area contributed by atoms with E-state index in [0.29, 0.717) is 30.5 Å². The maximum absolute atomic E-state index is 13.8. The summed E-state index contributed by atoms with van der Waals surface area (Å²) in [7, 11) is 1.32. The number of phenolic OH excluding ortho intramolecular Hbond substituents is 2. The summed E-state index contributed by atoms with van der Waals surface area (Å²) < 4.78 is 16.6. The number of nitrogens with zero attached hydrogens (tertiary/aromatic N) is 1. The van der Waals surface area contributed by atoms with Gasteiger partial charge < -0.3 is 29.0 Å². The van der Waals surface area contributed by atoms with Crippen LogP contribution >= 0.6 is 0 Å². The van der Waals surface area contributed by atoms with Gasteiger partial charge in [-0.15, -0.1) is 0 Å². The van der Waals surface area contributed by atoms with Crippen LogP contribution in [-0.4, -0.2) is 58.6 Å². The van der Waals surface area contributed by atoms with E-state index in [2.05, 4.69) is 0 Å². The zero-order valence-electron chi connectivity index (χ0n) is 20.2. The van der Waals surface area contributed by atoms with Crippen LogP contribution in [0.3, 0.4) is 0 Å². The summed E-state index contributed by atoms with van der Waals surface area (Å²) in [6, 6.07) is 7.10. The number of rotatable bonds is 1. The van der Waals surface area contributed by atoms with Gasteiger partial charge in [-0.3, -0.25) is 19.2 Å². The Kier molecular flexibility index (Phi) is 4.26. The molecule has 1 aromatic heterocycles. The van der Waals surface area contributed by atoms with Crippen LogP contribution in [0.5, 0.6) is 17.2 Å². The van der Waals surface area contributed by atoms with Crippen molar-refractivity contribution in [3.05, 3.63) is 74.1 Å². The van der Waals surface area contributed by atoms with E-state index in [9.17, 15) is 29.4 Å². The number of methoxy groups -OCH3 is 1. The Morgan fingerprint density at radius 1 is 1.00 bits per heavy atom. The number of carbonyl (C=O) groups excluding carboxylic acids is 3. The SMILES string of the molecule is COc1cc2oc3c(c(=O)c2cc1O)C(=O)c1c(ccc2cc4c(c(O)c12)C(=O)N1CCO[C@]1(C)C4)C3=O. The number of aromatic hydroxyl groups is 2. The number of carbonyl (C=O) groups is 3. The van der Waals surface area contributed by atoms with Gasteiger partial charge in [-0.25, -0.2) is 0 Å². The number of ketones is 2. The minimum Gasteiger partial charge on any atom is -0.506 e. The third kappa shape index (κ3) is 2.64. The quantitative estimate of drug-likeness (QED) is 0.346. The Morgan fingerprint density at radius 2 is 1.79 bits per heavy atom. The molecule has 0 unspecified atom stereocenters. The highest BCUT2D eigenvalue weighted by Gasteiger charge is 2.48. The smallest absolute Gasteiger partial charge is 0.260 e. The van der Waals surface area contributed by atoms with Crippen molar-refractivity contribution in [3.8, 4) is 17.2 Å². The standard InChI is InChI=1S/C28H19NO9/c1-28-10-12-7-11-3-4-13-20(18(11)24(33)19(12)27(35)29(28)5-6-37-28)25(34)21-22(31)14-8-15(30)17(36-2)9-16(14)38-26(21)23(13)32/h3-4,7-9,30,33H,5-6,10H2,1-2H3/t28-/m1/s1. The second-order valence-electron chi connectivity index (χ2n) is 9.82. The molecular formula is C28H19NO9. The molecule has 0 radical (unpaired) electrons. The van der Waals surface area contributed by atoms with E-state index < -0.39 is 45.7 Å². The van der Waals surface area contributed by atoms with Crippen molar-refractivity contribution in [1.82, 2.24) is 4.90 Å². The fourth-order valence-corrected chi connectivity index (χ4v) is 5.94. The molecule has 10 nitrogen and oxygen atoms in total. The van der Waals surface area contributed by atoms with Crippen LogP contribution in [0.15, 0.2) is 39.5 Å². The lowest BCUT2D eigenvalue weighted by molar-refractivity contribution is -0.0568. The lowest BCUT2D eigenvalue weighted by Gasteiger charge is -2.39. The first-order valence-electron chi connectivity index (χ1n) is 11.9. The van der Waals surface area contributed by atoms with E-state index in [0.717, 1.165) is 6.07 Å². The van der Waals surface area contributed by atoms with Crippen LogP contribution in [0.25, 0.3) is 21.7 Å². The second kappa shape index (κ2) is 7.20. The van der Waals surface area contributed by atoms with Crippen molar-refractivity contribution in [1.29, 1.82) is 0 Å². The first-order valence-corrected chi connectivity index (χ1v) is 11.9. The lowest BCUT2D eigenvalue weighted by Crippen LogP contribution is -2.51. The molecule has 190 valence electrons. The normalized spacial score (nSPS) is 19.9. The van der Waals surface area contributed by atoms with E-state index in [-0.39, 0.29) is 44.5 Å². The number of ether oxygens (including phenoxy) is 2. The average molecular weight is 513 g/mol. The van der Waals surface area contributed by atoms with Gasteiger partial charge in [-0.1, -0.05) is 6.07 Å². The summed E-state index contributed by atoms with van der Waals surface area (Å²) in [5.74, 6) is -3.15. The van der Waals surface area contributed by atoms with Gasteiger partial charge in [-0.2, -0.15) is 0 Å². The van der Waals surface area contributed by atoms with Gasteiger partial charge in [0.25, 0.3) is 5.91 Å². The third-order valence-corrected chi connectivity index (χ3v) is 7.74. The second-order valence-corrected chi connectivity index (χ2v) is 9.82. The Morgan fingerprint density at radius 3 is 2.55 bits per heavy atom. The van der Waals surface area contributed by atoms with Crippen molar-refractivity contribution in [3.63, 3.8) is 0 Å². The molecule has 1 saturated heterocycles. The molecule has 3 aliphatic rings. The monoisotopic (exact) mass is 513 g/mol. The molecular weight excluding hydrogens is 494 g/mol. The number of fused-ring (bicyclic) bond motifs is 7. The number of phenols is 2. The summed E-state index contributed by atoms with van der Waals surface area (Å²) in [6.07, 6.45) is 0.340. The van der Waals surface area contributed by atoms with Crippen LogP contribution < -0.4 is 10.2 Å². The molecule has 10 heteroatoms. The van der Waals surface area contributed by atoms with Gasteiger partial charge >= 0.3 is 0 Å². The molecule has 38 heavy (non-hydrogen) atoms. The Hall–Kier alpha value is -4.70. The molecule has 3 heterocycles. The predicted octanol–water partition coefficient (Wildman–Crippen LogP) is 2.89. The van der Waals surface area contributed by atoms with Crippen LogP contribution in [0.2, 0.25) is 0 Å². The maximum atomic E-state index is 13.8. The van der Waals surface area contributed by atoms with Gasteiger partial charge in [0, 0.05) is 35.5 Å². The molecule has 0 bridgehead atoms. The first-order chi connectivity index (χ1) is 18.1. The molecule has 1 fully saturated rings. The summed E-state index contributed by atoms with van der Waals surface area (Å²) >= 11 is 0.